The highest BCUT2D eigenvalue weighted by Gasteiger charge is 2.12. The molecule has 3 nitrogen and oxygen atoms in total. The van der Waals surface area contributed by atoms with Crippen molar-refractivity contribution in [2.24, 2.45) is 5.73 Å². The minimum Gasteiger partial charge on any atom is -0.366 e. The van der Waals surface area contributed by atoms with E-state index < -0.39 is 5.91 Å². The van der Waals surface area contributed by atoms with Gasteiger partial charge in [-0.15, -0.1) is 0 Å². The molecule has 6 heteroatoms. The summed E-state index contributed by atoms with van der Waals surface area (Å²) in [5.41, 5.74) is 8.00. The second kappa shape index (κ2) is 5.88. The van der Waals surface area contributed by atoms with Crippen LogP contribution in [0.1, 0.15) is 10.4 Å². The molecule has 2 N–H and O–H groups in total. The number of carbonyl (C=O) groups is 1. The highest BCUT2D eigenvalue weighted by atomic mass is 79.9. The molecule has 1 aromatic heterocycles. The van der Waals surface area contributed by atoms with Gasteiger partial charge in [0, 0.05) is 22.7 Å². The van der Waals surface area contributed by atoms with E-state index in [0.717, 1.165) is 16.5 Å². The molecule has 0 aliphatic carbocycles. The molecule has 3 rings (SSSR count). The van der Waals surface area contributed by atoms with Crippen LogP contribution in [0.5, 0.6) is 0 Å². The van der Waals surface area contributed by atoms with Gasteiger partial charge in [-0.3, -0.25) is 9.78 Å². The summed E-state index contributed by atoms with van der Waals surface area (Å²) in [6.07, 6.45) is 1.63. The lowest BCUT2D eigenvalue weighted by Gasteiger charge is -2.09. The fourth-order valence-electron chi connectivity index (χ4n) is 2.22. The average molecular weight is 396 g/mol. The Balaban J connectivity index is 2.26. The topological polar surface area (TPSA) is 56.0 Å². The van der Waals surface area contributed by atoms with Gasteiger partial charge in [0.1, 0.15) is 0 Å². The number of hydrogen-bond donors (Lipinski definition) is 1. The first-order chi connectivity index (χ1) is 10.5. The summed E-state index contributed by atoms with van der Waals surface area (Å²) in [5.74, 6) is -0.485. The van der Waals surface area contributed by atoms with Crippen molar-refractivity contribution in [2.45, 2.75) is 0 Å². The highest BCUT2D eigenvalue weighted by molar-refractivity contribution is 9.10. The van der Waals surface area contributed by atoms with Crippen LogP contribution in [0.25, 0.3) is 22.0 Å². The van der Waals surface area contributed by atoms with Crippen molar-refractivity contribution in [3.05, 3.63) is 62.7 Å². The molecule has 1 heterocycles. The molecule has 0 saturated heterocycles. The number of nitrogens with two attached hydrogens (primary N) is 1. The smallest absolute Gasteiger partial charge is 0.248 e. The number of halogens is 3. The zero-order chi connectivity index (χ0) is 15.9. The fourth-order valence-corrected chi connectivity index (χ4v) is 3.00. The van der Waals surface area contributed by atoms with Crippen LogP contribution in [-0.4, -0.2) is 10.9 Å². The molecule has 22 heavy (non-hydrogen) atoms. The number of rotatable bonds is 2. The zero-order valence-corrected chi connectivity index (χ0v) is 14.2. The molecule has 0 atom stereocenters. The van der Waals surface area contributed by atoms with Crippen LogP contribution in [0, 0.1) is 0 Å². The Bertz CT molecular complexity index is 912. The number of pyridine rings is 1. The van der Waals surface area contributed by atoms with Crippen LogP contribution in [0.2, 0.25) is 10.0 Å². The zero-order valence-electron chi connectivity index (χ0n) is 11.1. The number of hydrogen-bond acceptors (Lipinski definition) is 2. The van der Waals surface area contributed by atoms with E-state index in [9.17, 15) is 4.79 Å². The molecule has 0 radical (unpaired) electrons. The monoisotopic (exact) mass is 394 g/mol. The van der Waals surface area contributed by atoms with Gasteiger partial charge in [-0.05, 0) is 45.8 Å². The molecule has 0 aliphatic rings. The molecular weight excluding hydrogens is 387 g/mol. The lowest BCUT2D eigenvalue weighted by atomic mass is 10.0. The number of fused-ring (bicyclic) bond motifs is 1. The molecule has 0 saturated carbocycles. The lowest BCUT2D eigenvalue weighted by Crippen LogP contribution is -2.10. The summed E-state index contributed by atoms with van der Waals surface area (Å²) >= 11 is 16.0. The maximum absolute atomic E-state index is 11.3. The van der Waals surface area contributed by atoms with Crippen LogP contribution in [0.4, 0.5) is 0 Å². The Kier molecular flexibility index (Phi) is 4.08. The Hall–Kier alpha value is -1.62. The number of carbonyl (C=O) groups excluding carboxylic acids is 1. The first-order valence-electron chi connectivity index (χ1n) is 6.31. The Morgan fingerprint density at radius 2 is 1.95 bits per heavy atom. The van der Waals surface area contributed by atoms with Crippen LogP contribution >= 0.6 is 39.1 Å². The van der Waals surface area contributed by atoms with Crippen molar-refractivity contribution in [1.29, 1.82) is 0 Å². The van der Waals surface area contributed by atoms with Gasteiger partial charge in [0.15, 0.2) is 0 Å². The Morgan fingerprint density at radius 1 is 1.18 bits per heavy atom. The van der Waals surface area contributed by atoms with E-state index in [4.69, 9.17) is 28.9 Å². The molecular formula is C16H9BrCl2N2O. The quantitative estimate of drug-likeness (QED) is 0.658. The van der Waals surface area contributed by atoms with Gasteiger partial charge < -0.3 is 5.73 Å². The summed E-state index contributed by atoms with van der Waals surface area (Å²) in [6, 6.07) is 10.6. The minimum absolute atomic E-state index is 0.423. The Labute approximate surface area is 145 Å². The predicted molar refractivity (Wildman–Crippen MR) is 93.4 cm³/mol. The van der Waals surface area contributed by atoms with Gasteiger partial charge in [0.25, 0.3) is 0 Å². The van der Waals surface area contributed by atoms with Crippen LogP contribution in [0.3, 0.4) is 0 Å². The van der Waals surface area contributed by atoms with E-state index in [-0.39, 0.29) is 0 Å². The van der Waals surface area contributed by atoms with Gasteiger partial charge in [-0.2, -0.15) is 0 Å². The van der Waals surface area contributed by atoms with Gasteiger partial charge in [0.05, 0.1) is 20.0 Å². The Morgan fingerprint density at radius 3 is 2.68 bits per heavy atom. The molecule has 0 spiro atoms. The second-order valence-electron chi connectivity index (χ2n) is 4.71. The second-order valence-corrected chi connectivity index (χ2v) is 6.35. The third kappa shape index (κ3) is 2.70. The van der Waals surface area contributed by atoms with Crippen molar-refractivity contribution >= 4 is 55.9 Å². The maximum atomic E-state index is 11.3. The summed E-state index contributed by atoms with van der Waals surface area (Å²) in [6.45, 7) is 0. The third-order valence-electron chi connectivity index (χ3n) is 3.31. The first-order valence-corrected chi connectivity index (χ1v) is 7.86. The molecule has 0 unspecified atom stereocenters. The molecule has 3 aromatic rings. The highest BCUT2D eigenvalue weighted by Crippen LogP contribution is 2.36. The number of primary amides is 1. The van der Waals surface area contributed by atoms with E-state index in [1.54, 1.807) is 30.5 Å². The van der Waals surface area contributed by atoms with Crippen LogP contribution in [0.15, 0.2) is 47.1 Å². The van der Waals surface area contributed by atoms with E-state index in [1.807, 2.05) is 12.1 Å². The normalized spacial score (nSPS) is 10.9. The van der Waals surface area contributed by atoms with Crippen LogP contribution in [-0.2, 0) is 0 Å². The summed E-state index contributed by atoms with van der Waals surface area (Å²) in [7, 11) is 0. The molecule has 0 bridgehead atoms. The summed E-state index contributed by atoms with van der Waals surface area (Å²) in [4.78, 5) is 15.6. The lowest BCUT2D eigenvalue weighted by molar-refractivity contribution is 0.100. The maximum Gasteiger partial charge on any atom is 0.248 e. The molecule has 1 amide bonds. The SMILES string of the molecule is NC(=O)c1cccc(-c2cc3c(Cl)c(Br)cnc3cc2Cl)c1. The van der Waals surface area contributed by atoms with Crippen molar-refractivity contribution in [3.8, 4) is 11.1 Å². The summed E-state index contributed by atoms with van der Waals surface area (Å²) < 4.78 is 0.709. The average Bonchev–Trinajstić information content (AvgIpc) is 2.51. The van der Waals surface area contributed by atoms with Gasteiger partial charge in [-0.1, -0.05) is 35.3 Å². The number of benzene rings is 2. The van der Waals surface area contributed by atoms with E-state index in [2.05, 4.69) is 20.9 Å². The van der Waals surface area contributed by atoms with E-state index in [1.165, 1.54) is 0 Å². The minimum atomic E-state index is -0.485. The standard InChI is InChI=1S/C16H9BrCl2N2O/c17-12-7-21-14-6-13(18)10(5-11(14)15(12)19)8-2-1-3-9(4-8)16(20)22/h1-7H,(H2,20,22). The van der Waals surface area contributed by atoms with Crippen LogP contribution < -0.4 is 5.73 Å². The molecule has 2 aromatic carbocycles. The molecule has 0 aliphatic heterocycles. The third-order valence-corrected chi connectivity index (χ3v) is 4.86. The molecule has 110 valence electrons. The number of aromatic nitrogens is 1. The van der Waals surface area contributed by atoms with Crippen molar-refractivity contribution in [2.75, 3.05) is 0 Å². The molecule has 0 fully saturated rings. The van der Waals surface area contributed by atoms with Gasteiger partial charge >= 0.3 is 0 Å². The van der Waals surface area contributed by atoms with E-state index in [0.29, 0.717) is 25.6 Å². The predicted octanol–water partition coefficient (Wildman–Crippen LogP) is 5.07. The fraction of sp³-hybridized carbons (Fsp3) is 0. The van der Waals surface area contributed by atoms with Gasteiger partial charge in [0.2, 0.25) is 5.91 Å². The van der Waals surface area contributed by atoms with E-state index >= 15 is 0 Å². The summed E-state index contributed by atoms with van der Waals surface area (Å²) in [5, 5.41) is 1.87. The number of amides is 1. The van der Waals surface area contributed by atoms with Gasteiger partial charge in [-0.25, -0.2) is 0 Å². The first kappa shape index (κ1) is 15.3. The van der Waals surface area contributed by atoms with Crippen molar-refractivity contribution in [3.63, 3.8) is 0 Å². The largest absolute Gasteiger partial charge is 0.366 e. The number of nitrogens with zero attached hydrogens (tertiary/aromatic N) is 1. The van der Waals surface area contributed by atoms with Crippen molar-refractivity contribution in [1.82, 2.24) is 4.98 Å². The van der Waals surface area contributed by atoms with Crippen molar-refractivity contribution < 1.29 is 4.79 Å².